The Labute approximate surface area is 220 Å². The SMILES string of the molecule is C[C@@H](Oc1ccccc1/C=C1\C(=O)NC(=O)N(c2ccc(C34CC5CC(CC(C5)C3)C4)cc2)C1=O)C(=O)O. The lowest BCUT2D eigenvalue weighted by atomic mass is 9.48. The van der Waals surface area contributed by atoms with E-state index in [1.807, 2.05) is 12.1 Å². The largest absolute Gasteiger partial charge is 0.479 e. The molecule has 196 valence electrons. The number of barbiturate groups is 1. The first-order valence-corrected chi connectivity index (χ1v) is 13.2. The van der Waals surface area contributed by atoms with E-state index in [1.54, 1.807) is 36.4 Å². The molecule has 4 aliphatic carbocycles. The topological polar surface area (TPSA) is 113 Å². The highest BCUT2D eigenvalue weighted by Crippen LogP contribution is 2.60. The minimum Gasteiger partial charge on any atom is -0.479 e. The molecule has 38 heavy (non-hydrogen) atoms. The molecule has 1 aliphatic heterocycles. The van der Waals surface area contributed by atoms with Crippen LogP contribution in [0, 0.1) is 17.8 Å². The van der Waals surface area contributed by atoms with Gasteiger partial charge in [-0.25, -0.2) is 14.5 Å². The monoisotopic (exact) mass is 514 g/mol. The van der Waals surface area contributed by atoms with Gasteiger partial charge in [0.15, 0.2) is 6.10 Å². The van der Waals surface area contributed by atoms with Crippen LogP contribution in [0.15, 0.2) is 54.1 Å². The summed E-state index contributed by atoms with van der Waals surface area (Å²) in [4.78, 5) is 51.1. The van der Waals surface area contributed by atoms with E-state index in [-0.39, 0.29) is 16.7 Å². The van der Waals surface area contributed by atoms with Gasteiger partial charge in [-0.2, -0.15) is 0 Å². The number of carboxylic acid groups (broad SMARTS) is 1. The van der Waals surface area contributed by atoms with Crippen LogP contribution in [-0.2, 0) is 19.8 Å². The molecule has 1 saturated heterocycles. The second kappa shape index (κ2) is 9.11. The fourth-order valence-electron chi connectivity index (χ4n) is 7.42. The number of imide groups is 2. The maximum absolute atomic E-state index is 13.4. The van der Waals surface area contributed by atoms with Crippen molar-refractivity contribution in [1.82, 2.24) is 5.32 Å². The first-order chi connectivity index (χ1) is 18.2. The average Bonchev–Trinajstić information content (AvgIpc) is 2.87. The summed E-state index contributed by atoms with van der Waals surface area (Å²) < 4.78 is 5.50. The number of aliphatic carboxylic acids is 1. The molecule has 5 fully saturated rings. The summed E-state index contributed by atoms with van der Waals surface area (Å²) in [5.41, 5.74) is 1.97. The Bertz CT molecular complexity index is 1330. The van der Waals surface area contributed by atoms with Crippen molar-refractivity contribution in [2.75, 3.05) is 4.90 Å². The minimum absolute atomic E-state index is 0.194. The highest BCUT2D eigenvalue weighted by molar-refractivity contribution is 6.39. The predicted molar refractivity (Wildman–Crippen MR) is 139 cm³/mol. The van der Waals surface area contributed by atoms with E-state index in [1.165, 1.54) is 57.1 Å². The van der Waals surface area contributed by atoms with Crippen LogP contribution in [-0.4, -0.2) is 35.0 Å². The summed E-state index contributed by atoms with van der Waals surface area (Å²) >= 11 is 0. The zero-order valence-electron chi connectivity index (χ0n) is 21.2. The molecule has 4 amide bonds. The number of carbonyl (C=O) groups excluding carboxylic acids is 3. The van der Waals surface area contributed by atoms with Crippen LogP contribution < -0.4 is 15.0 Å². The molecule has 2 aromatic rings. The molecule has 1 heterocycles. The molecular weight excluding hydrogens is 484 g/mol. The van der Waals surface area contributed by atoms with Gasteiger partial charge in [-0.1, -0.05) is 30.3 Å². The third-order valence-corrected chi connectivity index (χ3v) is 8.75. The molecule has 8 nitrogen and oxygen atoms in total. The average molecular weight is 515 g/mol. The third-order valence-electron chi connectivity index (χ3n) is 8.75. The van der Waals surface area contributed by atoms with Gasteiger partial charge in [0, 0.05) is 5.56 Å². The van der Waals surface area contributed by atoms with Gasteiger partial charge in [0.2, 0.25) is 0 Å². The lowest BCUT2D eigenvalue weighted by Crippen LogP contribution is -2.54. The zero-order chi connectivity index (χ0) is 26.6. The number of carboxylic acids is 1. The Morgan fingerprint density at radius 3 is 2.21 bits per heavy atom. The number of hydrogen-bond donors (Lipinski definition) is 2. The highest BCUT2D eigenvalue weighted by Gasteiger charge is 2.51. The van der Waals surface area contributed by atoms with Gasteiger partial charge in [-0.05, 0) is 98.5 Å². The number of anilines is 1. The number of urea groups is 1. The van der Waals surface area contributed by atoms with Gasteiger partial charge < -0.3 is 9.84 Å². The van der Waals surface area contributed by atoms with E-state index < -0.39 is 29.9 Å². The summed E-state index contributed by atoms with van der Waals surface area (Å²) in [7, 11) is 0. The van der Waals surface area contributed by atoms with Crippen LogP contribution in [0.3, 0.4) is 0 Å². The van der Waals surface area contributed by atoms with Crippen LogP contribution in [0.1, 0.15) is 56.6 Å². The number of ether oxygens (including phenoxy) is 1. The second-order valence-corrected chi connectivity index (χ2v) is 11.3. The maximum atomic E-state index is 13.4. The van der Waals surface area contributed by atoms with Crippen molar-refractivity contribution >= 4 is 35.6 Å². The molecule has 8 heteroatoms. The molecule has 7 rings (SSSR count). The van der Waals surface area contributed by atoms with Crippen molar-refractivity contribution in [3.05, 3.63) is 65.2 Å². The molecular formula is C30H30N2O6. The molecule has 5 aliphatic rings. The number of para-hydroxylation sites is 1. The first kappa shape index (κ1) is 24.4. The minimum atomic E-state index is -1.15. The normalized spacial score (nSPS) is 29.9. The molecule has 4 saturated carbocycles. The van der Waals surface area contributed by atoms with Gasteiger partial charge in [0.1, 0.15) is 11.3 Å². The Morgan fingerprint density at radius 1 is 1.00 bits per heavy atom. The van der Waals surface area contributed by atoms with Crippen LogP contribution in [0.2, 0.25) is 0 Å². The summed E-state index contributed by atoms with van der Waals surface area (Å²) in [5, 5.41) is 11.4. The quantitative estimate of drug-likeness (QED) is 0.428. The number of carbonyl (C=O) groups is 4. The van der Waals surface area contributed by atoms with Gasteiger partial charge >= 0.3 is 12.0 Å². The van der Waals surface area contributed by atoms with Crippen molar-refractivity contribution < 1.29 is 29.0 Å². The smallest absolute Gasteiger partial charge is 0.344 e. The van der Waals surface area contributed by atoms with E-state index in [2.05, 4.69) is 5.32 Å². The number of hydrogen-bond acceptors (Lipinski definition) is 5. The molecule has 2 aromatic carbocycles. The molecule has 0 unspecified atom stereocenters. The number of nitrogens with one attached hydrogen (secondary N) is 1. The van der Waals surface area contributed by atoms with E-state index >= 15 is 0 Å². The molecule has 1 atom stereocenters. The Kier molecular flexibility index (Phi) is 5.85. The van der Waals surface area contributed by atoms with Crippen LogP contribution in [0.25, 0.3) is 6.08 Å². The van der Waals surface area contributed by atoms with Gasteiger partial charge in [0.05, 0.1) is 5.69 Å². The van der Waals surface area contributed by atoms with Gasteiger partial charge in [-0.3, -0.25) is 14.9 Å². The van der Waals surface area contributed by atoms with E-state index in [4.69, 9.17) is 4.74 Å². The lowest BCUT2D eigenvalue weighted by Gasteiger charge is -2.57. The zero-order valence-corrected chi connectivity index (χ0v) is 21.2. The fourth-order valence-corrected chi connectivity index (χ4v) is 7.42. The van der Waals surface area contributed by atoms with Crippen molar-refractivity contribution in [2.45, 2.75) is 57.0 Å². The predicted octanol–water partition coefficient (Wildman–Crippen LogP) is 4.67. The lowest BCUT2D eigenvalue weighted by molar-refractivity contribution is -0.144. The standard InChI is InChI=1S/C30H30N2O6/c1-17(28(35)36)38-25-5-3-2-4-21(25)13-24-26(33)31-29(37)32(27(24)34)23-8-6-22(7-9-23)30-14-18-10-19(15-30)12-20(11-18)16-30/h2-9,13,17-20H,10-12,14-16H2,1H3,(H,35,36)(H,31,33,37)/b24-13+/t17-,18?,19?,20?,30?/m1/s1. The molecule has 0 aromatic heterocycles. The molecule has 0 spiro atoms. The Hall–Kier alpha value is -3.94. The van der Waals surface area contributed by atoms with Crippen molar-refractivity contribution in [3.63, 3.8) is 0 Å². The third kappa shape index (κ3) is 4.18. The second-order valence-electron chi connectivity index (χ2n) is 11.3. The summed E-state index contributed by atoms with van der Waals surface area (Å²) in [6.45, 7) is 1.39. The van der Waals surface area contributed by atoms with Gasteiger partial charge in [0.25, 0.3) is 11.8 Å². The highest BCUT2D eigenvalue weighted by atomic mass is 16.5. The van der Waals surface area contributed by atoms with Crippen molar-refractivity contribution in [3.8, 4) is 5.75 Å². The molecule has 2 N–H and O–H groups in total. The summed E-state index contributed by atoms with van der Waals surface area (Å²) in [6.07, 6.45) is 7.90. The molecule has 0 radical (unpaired) electrons. The van der Waals surface area contributed by atoms with Crippen LogP contribution >= 0.6 is 0 Å². The van der Waals surface area contributed by atoms with E-state index in [0.29, 0.717) is 11.3 Å². The number of amides is 4. The van der Waals surface area contributed by atoms with E-state index in [0.717, 1.165) is 22.7 Å². The first-order valence-electron chi connectivity index (χ1n) is 13.2. The summed E-state index contributed by atoms with van der Waals surface area (Å²) in [6, 6.07) is 13.4. The fraction of sp³-hybridized carbons (Fsp3) is 0.400. The number of benzene rings is 2. The van der Waals surface area contributed by atoms with Crippen molar-refractivity contribution in [1.29, 1.82) is 0 Å². The van der Waals surface area contributed by atoms with Gasteiger partial charge in [-0.15, -0.1) is 0 Å². The van der Waals surface area contributed by atoms with Crippen LogP contribution in [0.4, 0.5) is 10.5 Å². The number of rotatable bonds is 6. The van der Waals surface area contributed by atoms with E-state index in [9.17, 15) is 24.3 Å². The summed E-state index contributed by atoms with van der Waals surface area (Å²) in [5.74, 6) is -0.0882. The van der Waals surface area contributed by atoms with Crippen molar-refractivity contribution in [2.24, 2.45) is 17.8 Å². The Morgan fingerprint density at radius 2 is 1.61 bits per heavy atom. The number of nitrogens with zero attached hydrogens (tertiary/aromatic N) is 1. The van der Waals surface area contributed by atoms with Crippen LogP contribution in [0.5, 0.6) is 5.75 Å². The molecule has 4 bridgehead atoms. The maximum Gasteiger partial charge on any atom is 0.344 e. The Balaban J connectivity index is 1.28.